The van der Waals surface area contributed by atoms with Gasteiger partial charge in [0.1, 0.15) is 0 Å². The molecule has 0 N–H and O–H groups in total. The normalized spacial score (nSPS) is 11.7. The first-order valence-corrected chi connectivity index (χ1v) is 21.0. The number of nitrogens with zero attached hydrogens (tertiary/aromatic N) is 2. The van der Waals surface area contributed by atoms with E-state index in [-0.39, 0.29) is 0 Å². The predicted octanol–water partition coefficient (Wildman–Crippen LogP) is 16.3. The fourth-order valence-corrected chi connectivity index (χ4v) is 10.4. The number of anilines is 3. The van der Waals surface area contributed by atoms with Crippen molar-refractivity contribution in [2.24, 2.45) is 0 Å². The molecular weight excluding hydrogens is 733 g/mol. The lowest BCUT2D eigenvalue weighted by Gasteiger charge is -2.28. The average Bonchev–Trinajstić information content (AvgIpc) is 3.86. The van der Waals surface area contributed by atoms with Crippen LogP contribution in [0.1, 0.15) is 0 Å². The highest BCUT2D eigenvalue weighted by Gasteiger charge is 2.20. The Bertz CT molecular complexity index is 3540. The van der Waals surface area contributed by atoms with Crippen LogP contribution in [0.25, 0.3) is 91.5 Å². The van der Waals surface area contributed by atoms with Gasteiger partial charge in [-0.1, -0.05) is 164 Å². The zero-order valence-corrected chi connectivity index (χ0v) is 32.9. The lowest BCUT2D eigenvalue weighted by molar-refractivity contribution is 1.19. The molecule has 0 unspecified atom stereocenters. The third kappa shape index (κ3) is 5.47. The number of aromatic nitrogens is 1. The number of thiophene rings is 1. The first-order chi connectivity index (χ1) is 29.3. The molecule has 0 spiro atoms. The molecule has 276 valence electrons. The van der Waals surface area contributed by atoms with Crippen molar-refractivity contribution >= 4 is 91.9 Å². The molecule has 0 atom stereocenters. The van der Waals surface area contributed by atoms with Gasteiger partial charge in [0.05, 0.1) is 16.7 Å². The Morgan fingerprint density at radius 3 is 1.80 bits per heavy atom. The van der Waals surface area contributed by atoms with Crippen molar-refractivity contribution in [2.45, 2.75) is 0 Å². The second-order valence-corrected chi connectivity index (χ2v) is 16.4. The van der Waals surface area contributed by atoms with E-state index in [4.69, 9.17) is 0 Å². The molecule has 2 nitrogen and oxygen atoms in total. The van der Waals surface area contributed by atoms with Gasteiger partial charge in [-0.2, -0.15) is 0 Å². The first-order valence-electron chi connectivity index (χ1n) is 20.2. The van der Waals surface area contributed by atoms with Crippen LogP contribution in [0.5, 0.6) is 0 Å². The minimum absolute atomic E-state index is 1.12. The van der Waals surface area contributed by atoms with Gasteiger partial charge < -0.3 is 9.47 Å². The van der Waals surface area contributed by atoms with Crippen LogP contribution in [0.15, 0.2) is 218 Å². The molecule has 0 amide bonds. The number of hydrogen-bond donors (Lipinski definition) is 0. The van der Waals surface area contributed by atoms with Gasteiger partial charge in [-0.15, -0.1) is 11.3 Å². The molecule has 0 aliphatic heterocycles. The van der Waals surface area contributed by atoms with Crippen LogP contribution >= 0.6 is 11.3 Å². The molecule has 2 heterocycles. The van der Waals surface area contributed by atoms with Crippen LogP contribution in [-0.2, 0) is 0 Å². The van der Waals surface area contributed by atoms with E-state index in [0.717, 1.165) is 22.7 Å². The molecule has 3 heteroatoms. The van der Waals surface area contributed by atoms with Crippen LogP contribution in [0.2, 0.25) is 0 Å². The third-order valence-electron chi connectivity index (χ3n) is 12.0. The summed E-state index contributed by atoms with van der Waals surface area (Å²) < 4.78 is 5.03. The maximum absolute atomic E-state index is 2.44. The molecule has 0 aliphatic rings. The molecule has 0 fully saturated rings. The van der Waals surface area contributed by atoms with Gasteiger partial charge in [0.2, 0.25) is 0 Å². The monoisotopic (exact) mass is 768 g/mol. The average molecular weight is 769 g/mol. The predicted molar refractivity (Wildman–Crippen MR) is 254 cm³/mol. The highest BCUT2D eigenvalue weighted by molar-refractivity contribution is 7.25. The van der Waals surface area contributed by atoms with Gasteiger partial charge in [-0.25, -0.2) is 0 Å². The molecular formula is C56H36N2S. The summed E-state index contributed by atoms with van der Waals surface area (Å²) in [6, 6.07) is 79.9. The molecule has 12 aromatic rings. The minimum Gasteiger partial charge on any atom is -0.310 e. The summed E-state index contributed by atoms with van der Waals surface area (Å²) in [5, 5.41) is 10.1. The van der Waals surface area contributed by atoms with E-state index in [1.807, 2.05) is 11.3 Å². The molecule has 0 bridgehead atoms. The van der Waals surface area contributed by atoms with E-state index in [2.05, 4.69) is 228 Å². The molecule has 10 aromatic carbocycles. The Kier molecular flexibility index (Phi) is 7.75. The number of benzene rings is 10. The second kappa shape index (κ2) is 13.6. The fraction of sp³-hybridized carbons (Fsp3) is 0. The number of rotatable bonds is 6. The van der Waals surface area contributed by atoms with Crippen molar-refractivity contribution < 1.29 is 0 Å². The summed E-state index contributed by atoms with van der Waals surface area (Å²) in [6.07, 6.45) is 0. The highest BCUT2D eigenvalue weighted by Crippen LogP contribution is 2.45. The molecule has 12 rings (SSSR count). The zero-order chi connectivity index (χ0) is 38.9. The smallest absolute Gasteiger partial charge is 0.0619 e. The molecule has 59 heavy (non-hydrogen) atoms. The Labute approximate surface area is 346 Å². The number of para-hydroxylation sites is 1. The van der Waals surface area contributed by atoms with Crippen molar-refractivity contribution in [3.63, 3.8) is 0 Å². The molecule has 0 radical (unpaired) electrons. The highest BCUT2D eigenvalue weighted by atomic mass is 32.1. The van der Waals surface area contributed by atoms with Crippen molar-refractivity contribution in [1.29, 1.82) is 0 Å². The molecule has 0 aliphatic carbocycles. The SMILES string of the molecule is c1ccc(-c2ccc(N(c3ccc4c(c3)sc3ccccc34)c3ccc(-c4ccc(-n5c6ccccc6c6ccc7ccccc7c65)cc4)c4ccccc34)cc2)cc1. The van der Waals surface area contributed by atoms with E-state index in [1.165, 1.54) is 85.8 Å². The van der Waals surface area contributed by atoms with Gasteiger partial charge in [0.25, 0.3) is 0 Å². The Hall–Kier alpha value is -7.46. The van der Waals surface area contributed by atoms with E-state index < -0.39 is 0 Å². The first kappa shape index (κ1) is 33.7. The van der Waals surface area contributed by atoms with Crippen molar-refractivity contribution in [3.8, 4) is 27.9 Å². The molecule has 2 aromatic heterocycles. The van der Waals surface area contributed by atoms with Crippen LogP contribution in [-0.4, -0.2) is 4.57 Å². The standard InChI is InChI=1S/C56H36N2S/c1-2-12-37(13-3-1)38-22-27-41(28-23-38)57(43-31-33-50-49-19-9-11-21-54(49)59-55(50)36-43)53-35-34-44(46-16-6-7-17-47(46)53)40-24-29-42(30-25-40)58-52-20-10-8-18-48(52)51-32-26-39-14-4-5-15-45(39)56(51)58/h1-36H. The van der Waals surface area contributed by atoms with Crippen molar-refractivity contribution in [2.75, 3.05) is 4.90 Å². The van der Waals surface area contributed by atoms with Crippen LogP contribution < -0.4 is 4.90 Å². The maximum Gasteiger partial charge on any atom is 0.0619 e. The van der Waals surface area contributed by atoms with Gasteiger partial charge in [-0.3, -0.25) is 0 Å². The van der Waals surface area contributed by atoms with E-state index in [0.29, 0.717) is 0 Å². The van der Waals surface area contributed by atoms with Crippen LogP contribution in [0.3, 0.4) is 0 Å². The van der Waals surface area contributed by atoms with E-state index >= 15 is 0 Å². The number of fused-ring (bicyclic) bond motifs is 9. The van der Waals surface area contributed by atoms with Crippen molar-refractivity contribution in [3.05, 3.63) is 218 Å². The summed E-state index contributed by atoms with van der Waals surface area (Å²) in [5.74, 6) is 0. The Morgan fingerprint density at radius 1 is 0.356 bits per heavy atom. The largest absolute Gasteiger partial charge is 0.310 e. The van der Waals surface area contributed by atoms with Crippen LogP contribution in [0.4, 0.5) is 17.1 Å². The molecule has 0 saturated carbocycles. The topological polar surface area (TPSA) is 8.17 Å². The summed E-state index contributed by atoms with van der Waals surface area (Å²) in [5.41, 5.74) is 11.8. The van der Waals surface area contributed by atoms with E-state index in [1.54, 1.807) is 0 Å². The summed E-state index contributed by atoms with van der Waals surface area (Å²) in [6.45, 7) is 0. The second-order valence-electron chi connectivity index (χ2n) is 15.3. The zero-order valence-electron chi connectivity index (χ0n) is 32.1. The van der Waals surface area contributed by atoms with Gasteiger partial charge >= 0.3 is 0 Å². The third-order valence-corrected chi connectivity index (χ3v) is 13.1. The molecule has 0 saturated heterocycles. The van der Waals surface area contributed by atoms with Gasteiger partial charge in [-0.05, 0) is 87.6 Å². The summed E-state index contributed by atoms with van der Waals surface area (Å²) >= 11 is 1.86. The quantitative estimate of drug-likeness (QED) is 0.164. The van der Waals surface area contributed by atoms with Crippen LogP contribution in [0, 0.1) is 0 Å². The lowest BCUT2D eigenvalue weighted by Crippen LogP contribution is -2.10. The van der Waals surface area contributed by atoms with E-state index in [9.17, 15) is 0 Å². The summed E-state index contributed by atoms with van der Waals surface area (Å²) in [4.78, 5) is 2.43. The maximum atomic E-state index is 2.44. The lowest BCUT2D eigenvalue weighted by atomic mass is 9.96. The van der Waals surface area contributed by atoms with Gasteiger partial charge in [0, 0.05) is 58.8 Å². The fourth-order valence-electron chi connectivity index (χ4n) is 9.23. The van der Waals surface area contributed by atoms with Gasteiger partial charge in [0.15, 0.2) is 0 Å². The van der Waals surface area contributed by atoms with Crippen molar-refractivity contribution in [1.82, 2.24) is 4.57 Å². The summed E-state index contributed by atoms with van der Waals surface area (Å²) in [7, 11) is 0. The number of hydrogen-bond acceptors (Lipinski definition) is 2. The Balaban J connectivity index is 1.00. The minimum atomic E-state index is 1.12. The Morgan fingerprint density at radius 2 is 0.966 bits per heavy atom.